The van der Waals surface area contributed by atoms with Crippen LogP contribution < -0.4 is 35.7 Å². The van der Waals surface area contributed by atoms with E-state index >= 15 is 0 Å². The van der Waals surface area contributed by atoms with Gasteiger partial charge in [-0.3, -0.25) is 19.7 Å². The minimum Gasteiger partial charge on any atom is -0.497 e. The molecule has 0 saturated heterocycles. The van der Waals surface area contributed by atoms with Gasteiger partial charge in [0.15, 0.2) is 5.75 Å². The first-order valence-corrected chi connectivity index (χ1v) is 11.7. The number of esters is 1. The van der Waals surface area contributed by atoms with E-state index in [9.17, 15) is 14.4 Å². The van der Waals surface area contributed by atoms with E-state index in [0.29, 0.717) is 11.4 Å². The molecule has 0 aliphatic carbocycles. The highest BCUT2D eigenvalue weighted by molar-refractivity contribution is 5.70. The summed E-state index contributed by atoms with van der Waals surface area (Å²) in [5.74, 6) is 0.904. The molecule has 0 fully saturated rings. The Balaban J connectivity index is 1.64. The molecule has 4 rings (SSSR count). The van der Waals surface area contributed by atoms with Gasteiger partial charge >= 0.3 is 5.97 Å². The Hall–Kier alpha value is -4.43. The predicted octanol–water partition coefficient (Wildman–Crippen LogP) is 4.41. The van der Waals surface area contributed by atoms with Crippen LogP contribution in [-0.4, -0.2) is 20.2 Å². The summed E-state index contributed by atoms with van der Waals surface area (Å²) in [5, 5.41) is 6.70. The van der Waals surface area contributed by atoms with Gasteiger partial charge in [-0.25, -0.2) is 0 Å². The second-order valence-corrected chi connectivity index (χ2v) is 8.57. The largest absolute Gasteiger partial charge is 0.497 e. The number of benzene rings is 3. The summed E-state index contributed by atoms with van der Waals surface area (Å²) < 4.78 is 15.5. The average Bonchev–Trinajstić information content (AvgIpc) is 2.91. The number of ether oxygens (including phenoxy) is 3. The summed E-state index contributed by atoms with van der Waals surface area (Å²) in [7, 11) is 2.98. The second-order valence-electron chi connectivity index (χ2n) is 8.57. The number of hydrogen-bond donors (Lipinski definition) is 2. The van der Waals surface area contributed by atoms with Crippen LogP contribution in [0.1, 0.15) is 42.6 Å². The lowest BCUT2D eigenvalue weighted by atomic mass is 9.96. The summed E-state index contributed by atoms with van der Waals surface area (Å²) in [5.41, 5.74) is 2.54. The summed E-state index contributed by atoms with van der Waals surface area (Å²) in [6.07, 6.45) is 0. The van der Waals surface area contributed by atoms with Gasteiger partial charge in [0.05, 0.1) is 20.3 Å². The van der Waals surface area contributed by atoms with Crippen molar-refractivity contribution in [3.63, 3.8) is 0 Å². The highest BCUT2D eigenvalue weighted by Crippen LogP contribution is 2.31. The molecule has 0 radical (unpaired) electrons. The summed E-state index contributed by atoms with van der Waals surface area (Å²) in [6, 6.07) is 22.5. The van der Waals surface area contributed by atoms with E-state index in [0.717, 1.165) is 22.4 Å². The molecule has 0 bridgehead atoms. The topological polar surface area (TPSA) is 103 Å². The Kier molecular flexibility index (Phi) is 7.69. The van der Waals surface area contributed by atoms with Gasteiger partial charge in [0, 0.05) is 18.7 Å². The van der Waals surface area contributed by atoms with Crippen LogP contribution in [0.4, 0.5) is 11.4 Å². The van der Waals surface area contributed by atoms with Gasteiger partial charge in [-0.1, -0.05) is 36.4 Å². The van der Waals surface area contributed by atoms with Crippen LogP contribution in [0.25, 0.3) is 0 Å². The lowest BCUT2D eigenvalue weighted by molar-refractivity contribution is -0.131. The fourth-order valence-electron chi connectivity index (χ4n) is 4.14. The quantitative estimate of drug-likeness (QED) is 0.188. The minimum absolute atomic E-state index is 0.0334. The molecular formula is C29H28N2O6. The molecule has 0 aliphatic rings. The number of anilines is 2. The molecular weight excluding hydrogens is 472 g/mol. The van der Waals surface area contributed by atoms with Gasteiger partial charge in [-0.15, -0.1) is 0 Å². The molecule has 2 N–H and O–H groups in total. The molecule has 0 heterocycles. The molecule has 0 aliphatic heterocycles. The Morgan fingerprint density at radius 3 is 2.05 bits per heavy atom. The number of hydrogen-bond acceptors (Lipinski definition) is 8. The van der Waals surface area contributed by atoms with E-state index in [1.807, 2.05) is 67.6 Å². The van der Waals surface area contributed by atoms with Crippen LogP contribution in [-0.2, 0) is 4.79 Å². The third-order valence-corrected chi connectivity index (χ3v) is 6.07. The van der Waals surface area contributed by atoms with Crippen LogP contribution in [0.5, 0.6) is 17.2 Å². The molecule has 4 aromatic carbocycles. The van der Waals surface area contributed by atoms with Crippen molar-refractivity contribution < 1.29 is 19.0 Å². The third kappa shape index (κ3) is 5.70. The molecule has 4 aromatic rings. The normalized spacial score (nSPS) is 12.5. The molecule has 2 atom stereocenters. The lowest BCUT2D eigenvalue weighted by Crippen LogP contribution is -2.34. The number of rotatable bonds is 10. The van der Waals surface area contributed by atoms with Crippen molar-refractivity contribution in [3.8, 4) is 17.2 Å². The highest BCUT2D eigenvalue weighted by atomic mass is 16.5. The number of nitrogens with one attached hydrogen (secondary N) is 2. The lowest BCUT2D eigenvalue weighted by Gasteiger charge is -2.26. The van der Waals surface area contributed by atoms with Gasteiger partial charge < -0.3 is 19.5 Å². The fraction of sp³-hybridized carbons (Fsp3) is 0.207. The van der Waals surface area contributed by atoms with Crippen molar-refractivity contribution in [1.29, 1.82) is 0 Å². The zero-order valence-electron chi connectivity index (χ0n) is 21.0. The molecule has 8 heteroatoms. The van der Waals surface area contributed by atoms with E-state index in [-0.39, 0.29) is 29.5 Å². The van der Waals surface area contributed by atoms with Crippen LogP contribution in [0.15, 0.2) is 82.4 Å². The first kappa shape index (κ1) is 25.7. The summed E-state index contributed by atoms with van der Waals surface area (Å²) >= 11 is 0. The molecule has 2 unspecified atom stereocenters. The summed E-state index contributed by atoms with van der Waals surface area (Å²) in [6.45, 7) is 3.42. The zero-order chi connectivity index (χ0) is 26.5. The van der Waals surface area contributed by atoms with Crippen LogP contribution >= 0.6 is 0 Å². The van der Waals surface area contributed by atoms with Crippen molar-refractivity contribution in [2.75, 3.05) is 19.5 Å². The van der Waals surface area contributed by atoms with Gasteiger partial charge in [0.1, 0.15) is 17.2 Å². The number of methoxy groups -OCH3 is 2. The maximum atomic E-state index is 12.0. The molecule has 190 valence electrons. The van der Waals surface area contributed by atoms with Crippen LogP contribution in [0, 0.1) is 0 Å². The molecule has 37 heavy (non-hydrogen) atoms. The first-order valence-electron chi connectivity index (χ1n) is 11.7. The molecule has 0 saturated carbocycles. The SMILES string of the molecule is COc1ccc(C(NC(C)c2ccc(OC(C)=O)cc2)c2cccc(Nc3c(OC)c(=O)c3=O)c2)cc1. The molecule has 8 nitrogen and oxygen atoms in total. The van der Waals surface area contributed by atoms with Crippen LogP contribution in [0.3, 0.4) is 0 Å². The Labute approximate surface area is 214 Å². The maximum absolute atomic E-state index is 12.0. The fourth-order valence-corrected chi connectivity index (χ4v) is 4.14. The number of carbonyl (C=O) groups is 1. The van der Waals surface area contributed by atoms with Crippen molar-refractivity contribution >= 4 is 17.3 Å². The van der Waals surface area contributed by atoms with E-state index in [2.05, 4.69) is 10.6 Å². The van der Waals surface area contributed by atoms with Gasteiger partial charge in [0.25, 0.3) is 10.9 Å². The molecule has 0 aromatic heterocycles. The first-order chi connectivity index (χ1) is 17.8. The second kappa shape index (κ2) is 11.1. The minimum atomic E-state index is -0.632. The van der Waals surface area contributed by atoms with E-state index in [1.165, 1.54) is 14.0 Å². The Bertz CT molecular complexity index is 1450. The monoisotopic (exact) mass is 500 g/mol. The van der Waals surface area contributed by atoms with Gasteiger partial charge in [0.2, 0.25) is 0 Å². The van der Waals surface area contributed by atoms with Crippen molar-refractivity contribution in [1.82, 2.24) is 5.32 Å². The van der Waals surface area contributed by atoms with Crippen LogP contribution in [0.2, 0.25) is 0 Å². The summed E-state index contributed by atoms with van der Waals surface area (Å²) in [4.78, 5) is 35.0. The van der Waals surface area contributed by atoms with E-state index in [4.69, 9.17) is 14.2 Å². The smallest absolute Gasteiger partial charge is 0.308 e. The van der Waals surface area contributed by atoms with E-state index in [1.54, 1.807) is 19.2 Å². The number of carbonyl (C=O) groups excluding carboxylic acids is 1. The molecule has 0 amide bonds. The Morgan fingerprint density at radius 2 is 1.43 bits per heavy atom. The maximum Gasteiger partial charge on any atom is 0.308 e. The zero-order valence-corrected chi connectivity index (χ0v) is 21.0. The third-order valence-electron chi connectivity index (χ3n) is 6.07. The average molecular weight is 501 g/mol. The van der Waals surface area contributed by atoms with Gasteiger partial charge in [-0.2, -0.15) is 0 Å². The van der Waals surface area contributed by atoms with E-state index < -0.39 is 10.9 Å². The van der Waals surface area contributed by atoms with Crippen molar-refractivity contribution in [2.45, 2.75) is 25.9 Å². The predicted molar refractivity (Wildman–Crippen MR) is 142 cm³/mol. The van der Waals surface area contributed by atoms with Gasteiger partial charge in [-0.05, 0) is 60.0 Å². The van der Waals surface area contributed by atoms with Crippen molar-refractivity contribution in [3.05, 3.63) is 110 Å². The highest BCUT2D eigenvalue weighted by Gasteiger charge is 2.23. The molecule has 0 spiro atoms. The Morgan fingerprint density at radius 1 is 0.784 bits per heavy atom. The standard InChI is InChI=1S/C29H28N2O6/c1-17(19-8-14-24(15-9-19)37-18(2)32)30-25(20-10-12-23(35-3)13-11-20)21-6-5-7-22(16-21)31-26-27(33)28(34)29(26)36-4/h5-17,25,30-31H,1-4H3. The van der Waals surface area contributed by atoms with Crippen molar-refractivity contribution in [2.24, 2.45) is 0 Å².